The minimum absolute atomic E-state index is 0. The van der Waals surface area contributed by atoms with Crippen LogP contribution in [0.3, 0.4) is 0 Å². The summed E-state index contributed by atoms with van der Waals surface area (Å²) in [5.74, 6) is 0.824. The van der Waals surface area contributed by atoms with Gasteiger partial charge >= 0.3 is 6.09 Å². The van der Waals surface area contributed by atoms with Crippen molar-refractivity contribution in [2.24, 2.45) is 0 Å². The molecule has 0 fully saturated rings. The first-order valence-corrected chi connectivity index (χ1v) is 11.8. The van der Waals surface area contributed by atoms with Gasteiger partial charge in [-0.2, -0.15) is 0 Å². The Kier molecular flexibility index (Phi) is 6.69. The van der Waals surface area contributed by atoms with Crippen molar-refractivity contribution in [2.75, 3.05) is 17.3 Å². The maximum absolute atomic E-state index is 13.8. The highest BCUT2D eigenvalue weighted by atomic mass is 35.5. The van der Waals surface area contributed by atoms with Crippen molar-refractivity contribution in [3.63, 3.8) is 0 Å². The molecule has 2 amide bonds. The van der Waals surface area contributed by atoms with E-state index in [9.17, 15) is 14.7 Å². The van der Waals surface area contributed by atoms with Crippen molar-refractivity contribution in [1.29, 1.82) is 0 Å². The number of imidazole rings is 1. The summed E-state index contributed by atoms with van der Waals surface area (Å²) >= 11 is 0. The van der Waals surface area contributed by atoms with Crippen LogP contribution in [0.25, 0.3) is 11.0 Å². The third kappa shape index (κ3) is 4.33. The van der Waals surface area contributed by atoms with E-state index >= 15 is 0 Å². The Morgan fingerprint density at radius 3 is 2.49 bits per heavy atom. The van der Waals surface area contributed by atoms with Crippen LogP contribution in [0.15, 0.2) is 97.1 Å². The number of methoxy groups -OCH3 is 1. The maximum atomic E-state index is 13.8. The number of hydrogen-bond acceptors (Lipinski definition) is 6. The number of nitrogens with one attached hydrogen (secondary N) is 2. The predicted molar refractivity (Wildman–Crippen MR) is 149 cm³/mol. The van der Waals surface area contributed by atoms with Gasteiger partial charge in [0.1, 0.15) is 5.75 Å². The highest BCUT2D eigenvalue weighted by Crippen LogP contribution is 2.48. The van der Waals surface area contributed by atoms with Gasteiger partial charge in [0.25, 0.3) is 5.91 Å². The second-order valence-electron chi connectivity index (χ2n) is 8.68. The van der Waals surface area contributed by atoms with Crippen LogP contribution >= 0.6 is 12.4 Å². The molecule has 10 heteroatoms. The van der Waals surface area contributed by atoms with Crippen LogP contribution in [-0.2, 0) is 10.5 Å². The van der Waals surface area contributed by atoms with Crippen molar-refractivity contribution in [3.05, 3.63) is 114 Å². The van der Waals surface area contributed by atoms with Gasteiger partial charge in [0.2, 0.25) is 5.95 Å². The second-order valence-corrected chi connectivity index (χ2v) is 8.68. The van der Waals surface area contributed by atoms with E-state index < -0.39 is 11.8 Å². The number of aromatic amines is 1. The van der Waals surface area contributed by atoms with E-state index in [1.165, 1.54) is 12.0 Å². The molecule has 0 bridgehead atoms. The summed E-state index contributed by atoms with van der Waals surface area (Å²) in [6, 6.07) is 28.4. The quantitative estimate of drug-likeness (QED) is 0.258. The molecule has 1 aliphatic rings. The molecule has 3 N–H and O–H groups in total. The van der Waals surface area contributed by atoms with Gasteiger partial charge in [-0.1, -0.05) is 54.6 Å². The molecule has 1 aliphatic heterocycles. The monoisotopic (exact) mass is 542 g/mol. The number of ether oxygens (including phenoxy) is 2. The Morgan fingerprint density at radius 2 is 1.69 bits per heavy atom. The first kappa shape index (κ1) is 25.8. The summed E-state index contributed by atoms with van der Waals surface area (Å²) in [6.07, 6.45) is -0.667. The van der Waals surface area contributed by atoms with Crippen LogP contribution in [0.1, 0.15) is 21.5 Å². The zero-order valence-electron chi connectivity index (χ0n) is 20.6. The Hall–Kier alpha value is -4.86. The molecule has 1 unspecified atom stereocenters. The van der Waals surface area contributed by atoms with E-state index in [2.05, 4.69) is 20.0 Å². The van der Waals surface area contributed by atoms with Gasteiger partial charge in [0.05, 0.1) is 23.8 Å². The van der Waals surface area contributed by atoms with Crippen LogP contribution in [0.2, 0.25) is 0 Å². The smallest absolute Gasteiger partial charge is 0.413 e. The molecule has 0 saturated carbocycles. The maximum Gasteiger partial charge on any atom is 0.413 e. The number of aromatic nitrogens is 2. The largest absolute Gasteiger partial charge is 0.455 e. The molecule has 39 heavy (non-hydrogen) atoms. The van der Waals surface area contributed by atoms with E-state index in [-0.39, 0.29) is 24.3 Å². The molecule has 196 valence electrons. The zero-order valence-corrected chi connectivity index (χ0v) is 21.4. The van der Waals surface area contributed by atoms with Crippen LogP contribution in [0, 0.1) is 0 Å². The van der Waals surface area contributed by atoms with Crippen LogP contribution < -0.4 is 15.0 Å². The minimum atomic E-state index is -1.86. The summed E-state index contributed by atoms with van der Waals surface area (Å²) in [5, 5.41) is 15.0. The molecule has 2 heterocycles. The Bertz CT molecular complexity index is 1690. The number of carbonyl (C=O) groups is 2. The molecular weight excluding hydrogens is 520 g/mol. The molecule has 0 aliphatic carbocycles. The minimum Gasteiger partial charge on any atom is -0.455 e. The zero-order chi connectivity index (χ0) is 26.3. The number of carbonyl (C=O) groups excluding carboxylic acids is 2. The SMILES string of the molecule is COC(=O)Nc1nc2ccc(C3(O)c4ccccc4C(=O)N3c3ccccc3Oc3ccccc3)cc2[nH]1.Cl. The van der Waals surface area contributed by atoms with Crippen molar-refractivity contribution < 1.29 is 24.2 Å². The summed E-state index contributed by atoms with van der Waals surface area (Å²) in [7, 11) is 1.26. The summed E-state index contributed by atoms with van der Waals surface area (Å²) in [6.45, 7) is 0. The Balaban J connectivity index is 0.00000308. The fraction of sp³-hybridized carbons (Fsp3) is 0.0690. The highest BCUT2D eigenvalue weighted by molar-refractivity contribution is 6.13. The first-order chi connectivity index (χ1) is 18.5. The number of nitrogens with zero attached hydrogens (tertiary/aromatic N) is 2. The van der Waals surface area contributed by atoms with Gasteiger partial charge in [0, 0.05) is 16.7 Å². The molecule has 0 radical (unpaired) electrons. The molecule has 1 aromatic heterocycles. The molecule has 1 atom stereocenters. The predicted octanol–water partition coefficient (Wildman–Crippen LogP) is 5.81. The Labute approximate surface area is 229 Å². The fourth-order valence-corrected chi connectivity index (χ4v) is 4.71. The molecule has 5 aromatic rings. The van der Waals surface area contributed by atoms with E-state index in [4.69, 9.17) is 4.74 Å². The molecule has 4 aromatic carbocycles. The summed E-state index contributed by atoms with van der Waals surface area (Å²) < 4.78 is 10.8. The lowest BCUT2D eigenvalue weighted by Gasteiger charge is -2.35. The lowest BCUT2D eigenvalue weighted by Crippen LogP contribution is -2.45. The number of benzene rings is 4. The number of rotatable bonds is 5. The van der Waals surface area contributed by atoms with E-state index in [0.29, 0.717) is 44.9 Å². The number of hydrogen-bond donors (Lipinski definition) is 3. The molecular formula is C29H23ClN4O5. The number of fused-ring (bicyclic) bond motifs is 2. The molecule has 0 saturated heterocycles. The van der Waals surface area contributed by atoms with Gasteiger partial charge in [-0.3, -0.25) is 15.0 Å². The molecule has 9 nitrogen and oxygen atoms in total. The van der Waals surface area contributed by atoms with Crippen molar-refractivity contribution >= 4 is 47.1 Å². The van der Waals surface area contributed by atoms with Crippen molar-refractivity contribution in [3.8, 4) is 11.5 Å². The van der Waals surface area contributed by atoms with Gasteiger partial charge in [-0.15, -0.1) is 12.4 Å². The topological polar surface area (TPSA) is 117 Å². The lowest BCUT2D eigenvalue weighted by atomic mass is 9.93. The van der Waals surface area contributed by atoms with Crippen LogP contribution in [-0.4, -0.2) is 34.2 Å². The lowest BCUT2D eigenvalue weighted by molar-refractivity contribution is 0.0701. The van der Waals surface area contributed by atoms with Crippen LogP contribution in [0.4, 0.5) is 16.4 Å². The van der Waals surface area contributed by atoms with Gasteiger partial charge < -0.3 is 19.6 Å². The third-order valence-corrected chi connectivity index (χ3v) is 6.43. The average Bonchev–Trinajstić information content (AvgIpc) is 3.45. The van der Waals surface area contributed by atoms with Crippen molar-refractivity contribution in [2.45, 2.75) is 5.72 Å². The Morgan fingerprint density at radius 1 is 0.974 bits per heavy atom. The molecule has 6 rings (SSSR count). The number of amides is 2. The van der Waals surface area contributed by atoms with Gasteiger partial charge in [-0.05, 0) is 42.5 Å². The van der Waals surface area contributed by atoms with Crippen LogP contribution in [0.5, 0.6) is 11.5 Å². The summed E-state index contributed by atoms with van der Waals surface area (Å²) in [5.41, 5.74) is 0.880. The first-order valence-electron chi connectivity index (χ1n) is 11.8. The molecule has 0 spiro atoms. The normalized spacial score (nSPS) is 15.9. The van der Waals surface area contributed by atoms with E-state index in [0.717, 1.165) is 0 Å². The van der Waals surface area contributed by atoms with Gasteiger partial charge in [0.15, 0.2) is 11.5 Å². The van der Waals surface area contributed by atoms with E-state index in [1.807, 2.05) is 30.3 Å². The van der Waals surface area contributed by atoms with Gasteiger partial charge in [-0.25, -0.2) is 9.78 Å². The second kappa shape index (κ2) is 10.1. The average molecular weight is 543 g/mol. The number of halogens is 1. The standard InChI is InChI=1S/C29H22N4O5.ClH/c1-37-28(35)32-27-30-22-16-15-18(17-23(22)31-27)29(36)21-12-6-5-11-20(21)26(34)33(29)24-13-7-8-14-25(24)38-19-9-3-2-4-10-19;/h2-17,36H,1H3,(H2,30,31,32,35);1H. The third-order valence-electron chi connectivity index (χ3n) is 6.43. The number of anilines is 2. The number of H-pyrrole nitrogens is 1. The summed E-state index contributed by atoms with van der Waals surface area (Å²) in [4.78, 5) is 34.2. The van der Waals surface area contributed by atoms with Crippen molar-refractivity contribution in [1.82, 2.24) is 9.97 Å². The number of aliphatic hydroxyl groups is 1. The van der Waals surface area contributed by atoms with E-state index in [1.54, 1.807) is 66.7 Å². The highest BCUT2D eigenvalue weighted by Gasteiger charge is 2.51. The number of para-hydroxylation sites is 3. The fourth-order valence-electron chi connectivity index (χ4n) is 4.71.